The molecule has 1 N–H and O–H groups in total. The molecule has 1 aliphatic rings. The van der Waals surface area contributed by atoms with Gasteiger partial charge in [-0.2, -0.15) is 9.98 Å². The van der Waals surface area contributed by atoms with Crippen LogP contribution in [-0.2, 0) is 4.79 Å². The average Bonchev–Trinajstić information content (AvgIpc) is 2.57. The number of anilines is 1. The second-order valence-corrected chi connectivity index (χ2v) is 5.15. The first kappa shape index (κ1) is 14.9. The quantitative estimate of drug-likeness (QED) is 0.858. The number of nitrogens with one attached hydrogen (secondary N) is 1. The van der Waals surface area contributed by atoms with Crippen LogP contribution in [0.25, 0.3) is 0 Å². The highest BCUT2D eigenvalue weighted by Gasteiger charge is 2.11. The number of nitrogens with zero attached hydrogens (tertiary/aromatic N) is 3. The molecule has 0 unspecified atom stereocenters. The first-order valence-corrected chi connectivity index (χ1v) is 7.48. The highest BCUT2D eigenvalue weighted by Crippen LogP contribution is 2.25. The van der Waals surface area contributed by atoms with Gasteiger partial charge < -0.3 is 5.32 Å². The minimum Gasteiger partial charge on any atom is -0.356 e. The van der Waals surface area contributed by atoms with Gasteiger partial charge in [0.05, 0.1) is 11.4 Å². The molecule has 1 aromatic carbocycles. The zero-order valence-corrected chi connectivity index (χ0v) is 12.6. The molecule has 5 nitrogen and oxygen atoms in total. The fourth-order valence-corrected chi connectivity index (χ4v) is 2.28. The maximum Gasteiger partial charge on any atom is 0.186 e. The molecule has 0 saturated heterocycles. The van der Waals surface area contributed by atoms with Gasteiger partial charge in [0.15, 0.2) is 11.6 Å². The largest absolute Gasteiger partial charge is 0.356 e. The minimum atomic E-state index is 0.151. The highest BCUT2D eigenvalue weighted by molar-refractivity contribution is 5.91. The molecule has 0 amide bonds. The van der Waals surface area contributed by atoms with Gasteiger partial charge in [0.2, 0.25) is 0 Å². The van der Waals surface area contributed by atoms with Crippen molar-refractivity contribution in [3.05, 3.63) is 60.4 Å². The van der Waals surface area contributed by atoms with Crippen molar-refractivity contribution in [2.75, 3.05) is 5.32 Å². The van der Waals surface area contributed by atoms with Gasteiger partial charge in [-0.15, -0.1) is 0 Å². The van der Waals surface area contributed by atoms with Gasteiger partial charge in [-0.05, 0) is 37.1 Å². The fourth-order valence-electron chi connectivity index (χ4n) is 2.28. The Morgan fingerprint density at radius 3 is 2.74 bits per heavy atom. The third kappa shape index (κ3) is 4.22. The predicted octanol–water partition coefficient (Wildman–Crippen LogP) is 4.27. The van der Waals surface area contributed by atoms with Crippen molar-refractivity contribution in [1.29, 1.82) is 0 Å². The summed E-state index contributed by atoms with van der Waals surface area (Å²) in [6.45, 7) is 0. The van der Waals surface area contributed by atoms with Gasteiger partial charge >= 0.3 is 0 Å². The van der Waals surface area contributed by atoms with Crippen LogP contribution in [0.4, 0.5) is 17.2 Å². The van der Waals surface area contributed by atoms with E-state index in [0.29, 0.717) is 12.2 Å². The summed E-state index contributed by atoms with van der Waals surface area (Å²) >= 11 is 0. The lowest BCUT2D eigenvalue weighted by Crippen LogP contribution is -2.09. The monoisotopic (exact) mass is 304 g/mol. The number of rotatable bonds is 4. The molecule has 0 saturated carbocycles. The van der Waals surface area contributed by atoms with E-state index >= 15 is 0 Å². The number of carbonyl (C=O) groups is 1. The number of allylic oxidation sites excluding steroid dienone is 2. The van der Waals surface area contributed by atoms with E-state index in [4.69, 9.17) is 0 Å². The Bertz CT molecular complexity index is 790. The van der Waals surface area contributed by atoms with E-state index < -0.39 is 0 Å². The first-order valence-electron chi connectivity index (χ1n) is 7.48. The number of hydrogen-bond acceptors (Lipinski definition) is 5. The van der Waals surface area contributed by atoms with Crippen molar-refractivity contribution < 1.29 is 4.79 Å². The second kappa shape index (κ2) is 7.29. The smallest absolute Gasteiger partial charge is 0.186 e. The normalized spacial score (nSPS) is 13.7. The number of aromatic nitrogens is 1. The van der Waals surface area contributed by atoms with Crippen molar-refractivity contribution in [2.24, 2.45) is 9.98 Å². The van der Waals surface area contributed by atoms with Gasteiger partial charge in [0.25, 0.3) is 0 Å². The molecule has 1 aromatic heterocycles. The van der Waals surface area contributed by atoms with Crippen LogP contribution >= 0.6 is 0 Å². The van der Waals surface area contributed by atoms with Crippen LogP contribution in [0.3, 0.4) is 0 Å². The van der Waals surface area contributed by atoms with Gasteiger partial charge in [-0.25, -0.2) is 4.98 Å². The van der Waals surface area contributed by atoms with Crippen molar-refractivity contribution in [1.82, 2.24) is 4.98 Å². The fraction of sp³-hybridized carbons (Fsp3) is 0.167. The van der Waals surface area contributed by atoms with E-state index in [-0.39, 0.29) is 5.78 Å². The Balaban J connectivity index is 1.81. The lowest BCUT2D eigenvalue weighted by molar-refractivity contribution is -0.115. The third-order valence-corrected chi connectivity index (χ3v) is 3.38. The zero-order valence-electron chi connectivity index (χ0n) is 12.6. The Hall–Kier alpha value is -3.04. The van der Waals surface area contributed by atoms with Crippen LogP contribution in [-0.4, -0.2) is 16.8 Å². The molecule has 0 bridgehead atoms. The van der Waals surface area contributed by atoms with E-state index in [2.05, 4.69) is 26.3 Å². The van der Waals surface area contributed by atoms with E-state index in [0.717, 1.165) is 29.9 Å². The standard InChI is InChI=1S/C18H16N4O/c23-16-9-4-8-15(12-16)22-17-10-5-11-19-18(17)21-13-20-14-6-2-1-3-7-14/h1-3,5-7,10-12,22H,4,8-9H2. The summed E-state index contributed by atoms with van der Waals surface area (Å²) in [5, 5.41) is 3.23. The summed E-state index contributed by atoms with van der Waals surface area (Å²) in [6, 6.07) is 15.8. The number of carbonyl (C=O) groups excluding carboxylic acids is 1. The topological polar surface area (TPSA) is 66.7 Å². The maximum atomic E-state index is 11.5. The molecule has 23 heavy (non-hydrogen) atoms. The summed E-state index contributed by atoms with van der Waals surface area (Å²) in [5.41, 5.74) is 2.41. The van der Waals surface area contributed by atoms with Crippen molar-refractivity contribution in [3.63, 3.8) is 0 Å². The summed E-state index contributed by atoms with van der Waals surface area (Å²) in [7, 11) is 0. The van der Waals surface area contributed by atoms with Gasteiger partial charge in [0.1, 0.15) is 6.01 Å². The summed E-state index contributed by atoms with van der Waals surface area (Å²) < 4.78 is 0. The van der Waals surface area contributed by atoms with E-state index in [9.17, 15) is 4.79 Å². The molecule has 0 fully saturated rings. The van der Waals surface area contributed by atoms with Crippen LogP contribution < -0.4 is 5.32 Å². The van der Waals surface area contributed by atoms with Crippen LogP contribution in [0.2, 0.25) is 0 Å². The molecule has 0 spiro atoms. The highest BCUT2D eigenvalue weighted by atomic mass is 16.1. The summed E-state index contributed by atoms with van der Waals surface area (Å²) in [6.07, 6.45) is 5.65. The molecular weight excluding hydrogens is 288 g/mol. The van der Waals surface area contributed by atoms with E-state index in [1.165, 1.54) is 0 Å². The lowest BCUT2D eigenvalue weighted by atomic mass is 10.0. The van der Waals surface area contributed by atoms with Crippen LogP contribution in [0.1, 0.15) is 19.3 Å². The molecule has 114 valence electrons. The van der Waals surface area contributed by atoms with Crippen LogP contribution in [0.5, 0.6) is 0 Å². The molecular formula is C18H16N4O. The van der Waals surface area contributed by atoms with Gasteiger partial charge in [0, 0.05) is 24.4 Å². The van der Waals surface area contributed by atoms with E-state index in [1.54, 1.807) is 12.3 Å². The Morgan fingerprint density at radius 2 is 1.91 bits per heavy atom. The number of benzene rings is 1. The summed E-state index contributed by atoms with van der Waals surface area (Å²) in [4.78, 5) is 24.1. The SMILES string of the molecule is O=C1C=C(Nc2cccnc2N=C=Nc2ccccc2)CCC1. The van der Waals surface area contributed by atoms with Gasteiger partial charge in [-0.1, -0.05) is 18.2 Å². The lowest BCUT2D eigenvalue weighted by Gasteiger charge is -2.14. The van der Waals surface area contributed by atoms with Crippen molar-refractivity contribution >= 4 is 29.0 Å². The first-order chi connectivity index (χ1) is 11.3. The Morgan fingerprint density at radius 1 is 1.04 bits per heavy atom. The number of ketones is 1. The molecule has 3 rings (SSSR count). The average molecular weight is 304 g/mol. The molecule has 0 atom stereocenters. The number of pyridine rings is 1. The van der Waals surface area contributed by atoms with Crippen LogP contribution in [0, 0.1) is 0 Å². The zero-order chi connectivity index (χ0) is 15.9. The van der Waals surface area contributed by atoms with Gasteiger partial charge in [-0.3, -0.25) is 4.79 Å². The van der Waals surface area contributed by atoms with Crippen molar-refractivity contribution in [2.45, 2.75) is 19.3 Å². The van der Waals surface area contributed by atoms with Crippen LogP contribution in [0.15, 0.2) is 70.4 Å². The number of hydrogen-bond donors (Lipinski definition) is 1. The molecule has 1 heterocycles. The Labute approximate surface area is 134 Å². The second-order valence-electron chi connectivity index (χ2n) is 5.15. The predicted molar refractivity (Wildman–Crippen MR) is 90.4 cm³/mol. The molecule has 0 radical (unpaired) electrons. The third-order valence-electron chi connectivity index (χ3n) is 3.38. The maximum absolute atomic E-state index is 11.5. The minimum absolute atomic E-state index is 0.151. The van der Waals surface area contributed by atoms with E-state index in [1.807, 2.05) is 42.5 Å². The summed E-state index contributed by atoms with van der Waals surface area (Å²) in [5.74, 6) is 0.643. The number of aliphatic imine (C=N–C) groups is 2. The molecule has 5 heteroatoms. The molecule has 2 aromatic rings. The number of para-hydroxylation sites is 1. The Kier molecular flexibility index (Phi) is 4.72. The molecule has 0 aliphatic heterocycles. The van der Waals surface area contributed by atoms with Crippen molar-refractivity contribution in [3.8, 4) is 0 Å². The molecule has 1 aliphatic carbocycles.